The molecule has 2 nitrogen and oxygen atoms in total. The van der Waals surface area contributed by atoms with Crippen molar-refractivity contribution in [2.24, 2.45) is 0 Å². The van der Waals surface area contributed by atoms with Crippen molar-refractivity contribution in [3.8, 4) is 11.1 Å². The highest BCUT2D eigenvalue weighted by atomic mass is 35.7. The Morgan fingerprint density at radius 3 is 2.26 bits per heavy atom. The van der Waals surface area contributed by atoms with Crippen LogP contribution in [0.25, 0.3) is 11.1 Å². The Balaban J connectivity index is 2.57. The van der Waals surface area contributed by atoms with Crippen LogP contribution in [0.2, 0.25) is 0 Å². The van der Waals surface area contributed by atoms with Crippen LogP contribution in [0.1, 0.15) is 5.56 Å². The molecule has 2 rings (SSSR count). The summed E-state index contributed by atoms with van der Waals surface area (Å²) in [4.78, 5) is -0.0274. The first kappa shape index (κ1) is 14.0. The van der Waals surface area contributed by atoms with E-state index in [1.165, 1.54) is 24.3 Å². The van der Waals surface area contributed by atoms with E-state index in [4.69, 9.17) is 10.7 Å². The van der Waals surface area contributed by atoms with Crippen LogP contribution in [-0.2, 0) is 9.05 Å². The van der Waals surface area contributed by atoms with E-state index >= 15 is 0 Å². The maximum absolute atomic E-state index is 13.6. The van der Waals surface area contributed by atoms with Crippen LogP contribution in [0.5, 0.6) is 0 Å². The summed E-state index contributed by atoms with van der Waals surface area (Å²) in [6.07, 6.45) is 0. The second kappa shape index (κ2) is 4.90. The van der Waals surface area contributed by atoms with Gasteiger partial charge in [0.25, 0.3) is 9.05 Å². The molecule has 0 aliphatic carbocycles. The first-order valence-corrected chi connectivity index (χ1v) is 7.61. The van der Waals surface area contributed by atoms with Gasteiger partial charge in [-0.3, -0.25) is 0 Å². The van der Waals surface area contributed by atoms with Crippen molar-refractivity contribution in [2.75, 3.05) is 0 Å². The van der Waals surface area contributed by atoms with Gasteiger partial charge in [0.05, 0.1) is 4.90 Å². The third kappa shape index (κ3) is 2.93. The molecule has 0 saturated heterocycles. The van der Waals surface area contributed by atoms with Gasteiger partial charge in [0.15, 0.2) is 0 Å². The zero-order valence-corrected chi connectivity index (χ0v) is 11.4. The summed E-state index contributed by atoms with van der Waals surface area (Å²) in [6, 6.07) is 7.44. The van der Waals surface area contributed by atoms with Gasteiger partial charge < -0.3 is 0 Å². The second-order valence-corrected chi connectivity index (χ2v) is 6.58. The lowest BCUT2D eigenvalue weighted by molar-refractivity contribution is 0.585. The summed E-state index contributed by atoms with van der Waals surface area (Å²) >= 11 is 0. The number of rotatable bonds is 2. The average molecular weight is 303 g/mol. The molecule has 0 amide bonds. The monoisotopic (exact) mass is 302 g/mol. The fraction of sp³-hybridized carbons (Fsp3) is 0.0769. The molecule has 0 fully saturated rings. The summed E-state index contributed by atoms with van der Waals surface area (Å²) in [5.41, 5.74) is 1.05. The molecule has 0 saturated carbocycles. The standard InChI is InChI=1S/C13H9ClF2O2S/c1-8-6-9(2-5-13(8)19(14,17)18)11-4-3-10(15)7-12(11)16/h2-7H,1H3. The molecule has 0 radical (unpaired) electrons. The van der Waals surface area contributed by atoms with Crippen LogP contribution in [0.3, 0.4) is 0 Å². The number of benzene rings is 2. The molecule has 19 heavy (non-hydrogen) atoms. The van der Waals surface area contributed by atoms with Gasteiger partial charge in [-0.2, -0.15) is 0 Å². The molecule has 0 bridgehead atoms. The molecule has 0 aliphatic rings. The quantitative estimate of drug-likeness (QED) is 0.789. The van der Waals surface area contributed by atoms with Gasteiger partial charge in [-0.05, 0) is 42.3 Å². The Bertz CT molecular complexity index is 742. The van der Waals surface area contributed by atoms with Crippen LogP contribution < -0.4 is 0 Å². The highest BCUT2D eigenvalue weighted by Crippen LogP contribution is 2.28. The number of halogens is 3. The van der Waals surface area contributed by atoms with Gasteiger partial charge in [-0.1, -0.05) is 6.07 Å². The Hall–Kier alpha value is -1.46. The van der Waals surface area contributed by atoms with Crippen molar-refractivity contribution in [1.82, 2.24) is 0 Å². The van der Waals surface area contributed by atoms with Crippen molar-refractivity contribution < 1.29 is 17.2 Å². The Labute approximate surface area is 114 Å². The normalized spacial score (nSPS) is 11.6. The predicted octanol–water partition coefficient (Wildman–Crippen LogP) is 3.87. The minimum atomic E-state index is -3.83. The smallest absolute Gasteiger partial charge is 0.207 e. The second-order valence-electron chi connectivity index (χ2n) is 4.04. The van der Waals surface area contributed by atoms with Gasteiger partial charge >= 0.3 is 0 Å². The molecule has 2 aromatic rings. The minimum absolute atomic E-state index is 0.0274. The maximum atomic E-state index is 13.6. The predicted molar refractivity (Wildman–Crippen MR) is 69.6 cm³/mol. The molecule has 6 heteroatoms. The van der Waals surface area contributed by atoms with Crippen molar-refractivity contribution in [3.05, 3.63) is 53.6 Å². The summed E-state index contributed by atoms with van der Waals surface area (Å²) in [6.45, 7) is 1.56. The van der Waals surface area contributed by atoms with Gasteiger partial charge in [-0.15, -0.1) is 0 Å². The van der Waals surface area contributed by atoms with E-state index in [2.05, 4.69) is 0 Å². The highest BCUT2D eigenvalue weighted by molar-refractivity contribution is 8.13. The van der Waals surface area contributed by atoms with Crippen LogP contribution >= 0.6 is 10.7 Å². The Kier molecular flexibility index (Phi) is 3.60. The zero-order valence-electron chi connectivity index (χ0n) is 9.82. The van der Waals surface area contributed by atoms with Crippen molar-refractivity contribution in [2.45, 2.75) is 11.8 Å². The molecule has 0 aromatic heterocycles. The lowest BCUT2D eigenvalue weighted by Gasteiger charge is -2.07. The molecular weight excluding hydrogens is 294 g/mol. The number of aryl methyl sites for hydroxylation is 1. The zero-order chi connectivity index (χ0) is 14.2. The van der Waals surface area contributed by atoms with E-state index in [0.29, 0.717) is 11.1 Å². The third-order valence-corrected chi connectivity index (χ3v) is 4.16. The van der Waals surface area contributed by atoms with Gasteiger partial charge in [0.1, 0.15) is 11.6 Å². The summed E-state index contributed by atoms with van der Waals surface area (Å²) in [5, 5.41) is 0. The van der Waals surface area contributed by atoms with Crippen LogP contribution in [-0.4, -0.2) is 8.42 Å². The van der Waals surface area contributed by atoms with E-state index in [1.54, 1.807) is 6.92 Å². The molecule has 0 spiro atoms. The Morgan fingerprint density at radius 1 is 1.05 bits per heavy atom. The lowest BCUT2D eigenvalue weighted by atomic mass is 10.0. The minimum Gasteiger partial charge on any atom is -0.207 e. The van der Waals surface area contributed by atoms with Crippen LogP contribution in [0.4, 0.5) is 8.78 Å². The molecule has 0 unspecified atom stereocenters. The number of hydrogen-bond donors (Lipinski definition) is 0. The molecule has 0 N–H and O–H groups in total. The van der Waals surface area contributed by atoms with E-state index < -0.39 is 20.7 Å². The molecular formula is C13H9ClF2O2S. The van der Waals surface area contributed by atoms with Gasteiger partial charge in [0.2, 0.25) is 0 Å². The average Bonchev–Trinajstić information content (AvgIpc) is 2.26. The lowest BCUT2D eigenvalue weighted by Crippen LogP contribution is -1.95. The molecule has 100 valence electrons. The topological polar surface area (TPSA) is 34.1 Å². The van der Waals surface area contributed by atoms with E-state index in [0.717, 1.165) is 12.1 Å². The van der Waals surface area contributed by atoms with Crippen LogP contribution in [0, 0.1) is 18.6 Å². The molecule has 2 aromatic carbocycles. The third-order valence-electron chi connectivity index (χ3n) is 2.68. The maximum Gasteiger partial charge on any atom is 0.261 e. The van der Waals surface area contributed by atoms with E-state index in [9.17, 15) is 17.2 Å². The SMILES string of the molecule is Cc1cc(-c2ccc(F)cc2F)ccc1S(=O)(=O)Cl. The van der Waals surface area contributed by atoms with Gasteiger partial charge in [0, 0.05) is 22.3 Å². The fourth-order valence-electron chi connectivity index (χ4n) is 1.81. The fourth-order valence-corrected chi connectivity index (χ4v) is 3.01. The first-order valence-electron chi connectivity index (χ1n) is 5.30. The van der Waals surface area contributed by atoms with Crippen molar-refractivity contribution in [1.29, 1.82) is 0 Å². The summed E-state index contributed by atoms with van der Waals surface area (Å²) in [7, 11) is 1.43. The Morgan fingerprint density at radius 2 is 1.74 bits per heavy atom. The molecule has 0 aliphatic heterocycles. The first-order chi connectivity index (χ1) is 8.79. The van der Waals surface area contributed by atoms with Crippen LogP contribution in [0.15, 0.2) is 41.3 Å². The van der Waals surface area contributed by atoms with Crippen molar-refractivity contribution >= 4 is 19.7 Å². The van der Waals surface area contributed by atoms with Gasteiger partial charge in [-0.25, -0.2) is 17.2 Å². The summed E-state index contributed by atoms with van der Waals surface area (Å²) < 4.78 is 49.0. The highest BCUT2D eigenvalue weighted by Gasteiger charge is 2.15. The van der Waals surface area contributed by atoms with Crippen molar-refractivity contribution in [3.63, 3.8) is 0 Å². The number of hydrogen-bond acceptors (Lipinski definition) is 2. The van der Waals surface area contributed by atoms with E-state index in [1.807, 2.05) is 0 Å². The van der Waals surface area contributed by atoms with E-state index in [-0.39, 0.29) is 10.5 Å². The molecule has 0 heterocycles. The largest absolute Gasteiger partial charge is 0.261 e. The summed E-state index contributed by atoms with van der Waals surface area (Å²) in [5.74, 6) is -1.38. The molecule has 0 atom stereocenters.